The van der Waals surface area contributed by atoms with Crippen molar-refractivity contribution in [1.29, 1.82) is 0 Å². The summed E-state index contributed by atoms with van der Waals surface area (Å²) < 4.78 is 25.7. The maximum absolute atomic E-state index is 13.0. The predicted octanol–water partition coefficient (Wildman–Crippen LogP) is 3.63. The highest BCUT2D eigenvalue weighted by molar-refractivity contribution is 5.17. The first-order valence-electron chi connectivity index (χ1n) is 6.34. The Hall–Kier alpha value is -0.960. The van der Waals surface area contributed by atoms with Gasteiger partial charge in [0.25, 0.3) is 0 Å². The quantitative estimate of drug-likeness (QED) is 0.846. The summed E-state index contributed by atoms with van der Waals surface area (Å²) in [6, 6.07) is 4.54. The summed E-state index contributed by atoms with van der Waals surface area (Å²) in [5.74, 6) is -0.810. The average Bonchev–Trinajstić information content (AvgIpc) is 2.84. The van der Waals surface area contributed by atoms with Crippen molar-refractivity contribution >= 4 is 0 Å². The van der Waals surface area contributed by atoms with E-state index in [1.165, 1.54) is 37.8 Å². The summed E-state index contributed by atoms with van der Waals surface area (Å²) in [7, 11) is 0. The number of hydrogen-bond acceptors (Lipinski definition) is 1. The Kier molecular flexibility index (Phi) is 4.11. The second kappa shape index (κ2) is 5.58. The van der Waals surface area contributed by atoms with E-state index in [-0.39, 0.29) is 0 Å². The van der Waals surface area contributed by atoms with E-state index in [1.807, 2.05) is 0 Å². The van der Waals surface area contributed by atoms with Gasteiger partial charge >= 0.3 is 0 Å². The van der Waals surface area contributed by atoms with Crippen molar-refractivity contribution in [1.82, 2.24) is 5.32 Å². The van der Waals surface area contributed by atoms with Crippen LogP contribution in [-0.4, -0.2) is 6.04 Å². The molecular weight excluding hydrogens is 220 g/mol. The molecule has 94 valence electrons. The average molecular weight is 239 g/mol. The highest BCUT2D eigenvalue weighted by Crippen LogP contribution is 2.27. The van der Waals surface area contributed by atoms with Crippen LogP contribution in [0.5, 0.6) is 0 Å². The summed E-state index contributed by atoms with van der Waals surface area (Å²) in [5, 5.41) is 3.40. The summed E-state index contributed by atoms with van der Waals surface area (Å²) in [5.41, 5.74) is 0.800. The fourth-order valence-corrected chi connectivity index (χ4v) is 2.55. The molecule has 0 saturated heterocycles. The molecule has 1 N–H and O–H groups in total. The Bertz CT molecular complexity index is 372. The summed E-state index contributed by atoms with van der Waals surface area (Å²) >= 11 is 0. The molecule has 1 aliphatic rings. The number of halogens is 2. The van der Waals surface area contributed by atoms with E-state index >= 15 is 0 Å². The normalized spacial score (nSPS) is 18.5. The molecule has 0 radical (unpaired) electrons. The second-order valence-electron chi connectivity index (χ2n) is 4.96. The standard InChI is InChI=1S/C14H19F2N/c1-10(12-4-2-3-5-12)17-9-11-6-7-13(15)14(16)8-11/h6-8,10,12,17H,2-5,9H2,1H3/t10-/m0/s1. The number of hydrogen-bond donors (Lipinski definition) is 1. The van der Waals surface area contributed by atoms with E-state index in [4.69, 9.17) is 0 Å². The van der Waals surface area contributed by atoms with Crippen molar-refractivity contribution in [3.8, 4) is 0 Å². The Labute approximate surface area is 101 Å². The minimum Gasteiger partial charge on any atom is -0.310 e. The lowest BCUT2D eigenvalue weighted by atomic mass is 9.99. The van der Waals surface area contributed by atoms with Gasteiger partial charge in [0.05, 0.1) is 0 Å². The molecule has 1 aliphatic carbocycles. The highest BCUT2D eigenvalue weighted by atomic mass is 19.2. The Balaban J connectivity index is 1.86. The SMILES string of the molecule is C[C@H](NCc1ccc(F)c(F)c1)C1CCCC1. The van der Waals surface area contributed by atoms with Gasteiger partial charge in [-0.05, 0) is 43.4 Å². The molecule has 0 amide bonds. The second-order valence-corrected chi connectivity index (χ2v) is 4.96. The van der Waals surface area contributed by atoms with Gasteiger partial charge in [0.2, 0.25) is 0 Å². The van der Waals surface area contributed by atoms with Crippen LogP contribution in [0.1, 0.15) is 38.2 Å². The molecule has 3 heteroatoms. The van der Waals surface area contributed by atoms with Gasteiger partial charge in [-0.25, -0.2) is 8.78 Å². The van der Waals surface area contributed by atoms with Gasteiger partial charge in [0.1, 0.15) is 0 Å². The van der Waals surface area contributed by atoms with E-state index in [9.17, 15) is 8.78 Å². The molecule has 1 aromatic carbocycles. The molecule has 0 unspecified atom stereocenters. The first-order chi connectivity index (χ1) is 8.16. The van der Waals surface area contributed by atoms with Crippen molar-refractivity contribution in [2.75, 3.05) is 0 Å². The molecule has 0 heterocycles. The van der Waals surface area contributed by atoms with E-state index in [0.717, 1.165) is 11.5 Å². The van der Waals surface area contributed by atoms with Gasteiger partial charge in [-0.15, -0.1) is 0 Å². The first-order valence-corrected chi connectivity index (χ1v) is 6.34. The Morgan fingerprint density at radius 3 is 2.59 bits per heavy atom. The highest BCUT2D eigenvalue weighted by Gasteiger charge is 2.20. The van der Waals surface area contributed by atoms with Crippen LogP contribution < -0.4 is 5.32 Å². The molecular formula is C14H19F2N. The summed E-state index contributed by atoms with van der Waals surface area (Å²) in [6.45, 7) is 2.78. The number of rotatable bonds is 4. The van der Waals surface area contributed by atoms with Crippen molar-refractivity contribution in [3.63, 3.8) is 0 Å². The molecule has 1 nitrogen and oxygen atoms in total. The van der Waals surface area contributed by atoms with Gasteiger partial charge in [-0.1, -0.05) is 18.9 Å². The monoisotopic (exact) mass is 239 g/mol. The summed E-state index contributed by atoms with van der Waals surface area (Å²) in [4.78, 5) is 0. The lowest BCUT2D eigenvalue weighted by molar-refractivity contribution is 0.380. The van der Waals surface area contributed by atoms with E-state index in [2.05, 4.69) is 12.2 Å². The third-order valence-corrected chi connectivity index (χ3v) is 3.72. The molecule has 1 saturated carbocycles. The predicted molar refractivity (Wildman–Crippen MR) is 64.6 cm³/mol. The van der Waals surface area contributed by atoms with Gasteiger partial charge < -0.3 is 5.32 Å². The zero-order valence-electron chi connectivity index (χ0n) is 10.2. The third kappa shape index (κ3) is 3.25. The van der Waals surface area contributed by atoms with Crippen LogP contribution in [0.25, 0.3) is 0 Å². The lowest BCUT2D eigenvalue weighted by Crippen LogP contribution is -2.31. The van der Waals surface area contributed by atoms with Crippen LogP contribution in [0.3, 0.4) is 0 Å². The summed E-state index contributed by atoms with van der Waals surface area (Å²) in [6.07, 6.45) is 5.21. The molecule has 1 fully saturated rings. The fourth-order valence-electron chi connectivity index (χ4n) is 2.55. The van der Waals surface area contributed by atoms with Crippen LogP contribution in [0.2, 0.25) is 0 Å². The van der Waals surface area contributed by atoms with E-state index < -0.39 is 11.6 Å². The molecule has 2 rings (SSSR count). The molecule has 0 aromatic heterocycles. The van der Waals surface area contributed by atoms with Gasteiger partial charge in [-0.3, -0.25) is 0 Å². The maximum Gasteiger partial charge on any atom is 0.159 e. The third-order valence-electron chi connectivity index (χ3n) is 3.72. The minimum absolute atomic E-state index is 0.450. The fraction of sp³-hybridized carbons (Fsp3) is 0.571. The molecule has 1 aromatic rings. The van der Waals surface area contributed by atoms with Crippen molar-refractivity contribution < 1.29 is 8.78 Å². The van der Waals surface area contributed by atoms with Crippen molar-refractivity contribution in [2.45, 2.75) is 45.2 Å². The number of benzene rings is 1. The Morgan fingerprint density at radius 1 is 1.24 bits per heavy atom. The topological polar surface area (TPSA) is 12.0 Å². The zero-order valence-corrected chi connectivity index (χ0v) is 10.2. The van der Waals surface area contributed by atoms with E-state index in [1.54, 1.807) is 6.07 Å². The van der Waals surface area contributed by atoms with Crippen LogP contribution in [0, 0.1) is 17.6 Å². The van der Waals surface area contributed by atoms with Crippen molar-refractivity contribution in [2.24, 2.45) is 5.92 Å². The minimum atomic E-state index is -0.780. The number of nitrogens with one attached hydrogen (secondary N) is 1. The zero-order chi connectivity index (χ0) is 12.3. The molecule has 0 spiro atoms. The Morgan fingerprint density at radius 2 is 1.94 bits per heavy atom. The smallest absolute Gasteiger partial charge is 0.159 e. The lowest BCUT2D eigenvalue weighted by Gasteiger charge is -2.20. The van der Waals surface area contributed by atoms with Crippen LogP contribution in [-0.2, 0) is 6.54 Å². The van der Waals surface area contributed by atoms with Crippen LogP contribution >= 0.6 is 0 Å². The molecule has 17 heavy (non-hydrogen) atoms. The molecule has 1 atom stereocenters. The molecule has 0 aliphatic heterocycles. The van der Waals surface area contributed by atoms with Crippen LogP contribution in [0.15, 0.2) is 18.2 Å². The molecule has 0 bridgehead atoms. The largest absolute Gasteiger partial charge is 0.310 e. The van der Waals surface area contributed by atoms with Gasteiger partial charge in [0, 0.05) is 12.6 Å². The van der Waals surface area contributed by atoms with Gasteiger partial charge in [0.15, 0.2) is 11.6 Å². The van der Waals surface area contributed by atoms with Crippen LogP contribution in [0.4, 0.5) is 8.78 Å². The van der Waals surface area contributed by atoms with Gasteiger partial charge in [-0.2, -0.15) is 0 Å². The van der Waals surface area contributed by atoms with Crippen molar-refractivity contribution in [3.05, 3.63) is 35.4 Å². The van der Waals surface area contributed by atoms with E-state index in [0.29, 0.717) is 12.6 Å². The first kappa shape index (κ1) is 12.5. The maximum atomic E-state index is 13.0.